The first kappa shape index (κ1) is 51.1. The minimum absolute atomic E-state index is 0.217. The van der Waals surface area contributed by atoms with Crippen molar-refractivity contribution in [3.8, 4) is 0 Å². The lowest BCUT2D eigenvalue weighted by Gasteiger charge is -2.40. The van der Waals surface area contributed by atoms with Gasteiger partial charge in [0.25, 0.3) is 0 Å². The van der Waals surface area contributed by atoms with Gasteiger partial charge in [0.05, 0.1) is 25.4 Å². The van der Waals surface area contributed by atoms with Crippen molar-refractivity contribution < 1.29 is 50.0 Å². The number of carbonyl (C=O) groups is 1. The van der Waals surface area contributed by atoms with Crippen LogP contribution in [0.5, 0.6) is 0 Å². The van der Waals surface area contributed by atoms with Crippen molar-refractivity contribution in [1.29, 1.82) is 0 Å². The van der Waals surface area contributed by atoms with Gasteiger partial charge in [-0.1, -0.05) is 114 Å². The Bertz CT molecular complexity index is 1030. The van der Waals surface area contributed by atoms with Gasteiger partial charge in [0.2, 0.25) is 5.91 Å². The van der Waals surface area contributed by atoms with E-state index < -0.39 is 74.2 Å². The number of hydrogen-bond donors (Lipinski definition) is 8. The zero-order valence-corrected chi connectivity index (χ0v) is 34.1. The van der Waals surface area contributed by atoms with Crippen LogP contribution in [0, 0.1) is 0 Å². The van der Waals surface area contributed by atoms with Crippen molar-refractivity contribution in [3.05, 3.63) is 48.6 Å². The highest BCUT2D eigenvalue weighted by molar-refractivity contribution is 5.80. The van der Waals surface area contributed by atoms with Gasteiger partial charge in [0, 0.05) is 0 Å². The molecular weight excluding hydrogens is 702 g/mol. The van der Waals surface area contributed by atoms with Gasteiger partial charge in [0.15, 0.2) is 6.29 Å². The van der Waals surface area contributed by atoms with E-state index >= 15 is 0 Å². The highest BCUT2D eigenvalue weighted by atomic mass is 16.7. The zero-order chi connectivity index (χ0) is 40.5. The van der Waals surface area contributed by atoms with Crippen LogP contribution in [0.1, 0.15) is 155 Å². The summed E-state index contributed by atoms with van der Waals surface area (Å²) < 4.78 is 11.0. The number of nitrogens with one attached hydrogen (secondary N) is 1. The average Bonchev–Trinajstić information content (AvgIpc) is 3.18. The summed E-state index contributed by atoms with van der Waals surface area (Å²) in [5.74, 6) is -0.733. The number of unbranched alkanes of at least 4 members (excludes halogenated alkanes) is 14. The summed E-state index contributed by atoms with van der Waals surface area (Å²) in [6.45, 7) is 3.33. The van der Waals surface area contributed by atoms with Gasteiger partial charge >= 0.3 is 0 Å². The summed E-state index contributed by atoms with van der Waals surface area (Å²) >= 11 is 0. The molecule has 0 radical (unpaired) electrons. The Kier molecular flexibility index (Phi) is 31.7. The van der Waals surface area contributed by atoms with E-state index in [9.17, 15) is 40.5 Å². The van der Waals surface area contributed by atoms with E-state index in [1.165, 1.54) is 57.8 Å². The standard InChI is InChI=1S/C44H79NO10/c1-3-5-7-9-11-13-15-17-18-19-20-22-23-25-27-29-31-36(47)39(49)35(34-54-44-42(52)41(51)40(50)38(33-46)55-44)45-43(53)37(48)32-30-28-26-24-21-16-14-12-10-8-6-4-2/h11,13,18-19,21,23-25,35-42,44,46-52H,3-10,12,14-17,20,22,26-34H2,1-2H3,(H,45,53)/b13-11+,19-18+,24-21-,25-23+. The molecule has 11 heteroatoms. The van der Waals surface area contributed by atoms with Crippen LogP contribution >= 0.6 is 0 Å². The molecule has 1 fully saturated rings. The zero-order valence-electron chi connectivity index (χ0n) is 34.1. The molecule has 0 aromatic heterocycles. The lowest BCUT2D eigenvalue weighted by atomic mass is 9.98. The first-order valence-electron chi connectivity index (χ1n) is 21.5. The molecule has 0 bridgehead atoms. The van der Waals surface area contributed by atoms with Gasteiger partial charge in [-0.25, -0.2) is 0 Å². The first-order valence-corrected chi connectivity index (χ1v) is 21.5. The molecule has 0 saturated carbocycles. The maximum atomic E-state index is 13.0. The summed E-state index contributed by atoms with van der Waals surface area (Å²) in [6, 6.07) is -1.20. The molecule has 1 aliphatic rings. The molecule has 0 aliphatic carbocycles. The monoisotopic (exact) mass is 782 g/mol. The molecule has 1 amide bonds. The molecule has 0 spiro atoms. The fourth-order valence-corrected chi connectivity index (χ4v) is 6.41. The lowest BCUT2D eigenvalue weighted by molar-refractivity contribution is -0.303. The van der Waals surface area contributed by atoms with Crippen LogP contribution in [0.4, 0.5) is 0 Å². The fraction of sp³-hybridized carbons (Fsp3) is 0.795. The topological polar surface area (TPSA) is 189 Å². The van der Waals surface area contributed by atoms with Gasteiger partial charge in [-0.05, 0) is 89.9 Å². The third kappa shape index (κ3) is 24.4. The molecule has 1 aliphatic heterocycles. The Morgan fingerprint density at radius 2 is 1.09 bits per heavy atom. The van der Waals surface area contributed by atoms with Crippen LogP contribution in [0.3, 0.4) is 0 Å². The number of rotatable bonds is 34. The first-order chi connectivity index (χ1) is 26.7. The SMILES string of the molecule is CCCCC/C=C/CC/C=C/CC/C=C/CCCC(O)C(O)C(COC1OC(CO)C(O)C(O)C1O)NC(=O)C(O)CCCC/C=C\CCCCCCCC. The molecule has 8 N–H and O–H groups in total. The Morgan fingerprint density at radius 1 is 0.618 bits per heavy atom. The molecule has 0 aromatic carbocycles. The molecular formula is C44H79NO10. The third-order valence-corrected chi connectivity index (χ3v) is 10.1. The maximum absolute atomic E-state index is 13.0. The number of hydrogen-bond acceptors (Lipinski definition) is 10. The Morgan fingerprint density at radius 3 is 1.65 bits per heavy atom. The van der Waals surface area contributed by atoms with Crippen LogP contribution in [0.15, 0.2) is 48.6 Å². The highest BCUT2D eigenvalue weighted by Crippen LogP contribution is 2.23. The third-order valence-electron chi connectivity index (χ3n) is 10.1. The molecule has 1 heterocycles. The van der Waals surface area contributed by atoms with Crippen molar-refractivity contribution in [3.63, 3.8) is 0 Å². The van der Waals surface area contributed by atoms with Gasteiger partial charge in [0.1, 0.15) is 36.6 Å². The Hall–Kier alpha value is -1.93. The summed E-state index contributed by atoms with van der Waals surface area (Å²) in [7, 11) is 0. The number of aliphatic hydroxyl groups is 7. The second-order valence-electron chi connectivity index (χ2n) is 15.0. The fourth-order valence-electron chi connectivity index (χ4n) is 6.41. The highest BCUT2D eigenvalue weighted by Gasteiger charge is 2.44. The minimum atomic E-state index is -1.67. The number of carbonyl (C=O) groups excluding carboxylic acids is 1. The van der Waals surface area contributed by atoms with E-state index in [1.807, 2.05) is 0 Å². The Balaban J connectivity index is 2.57. The Labute approximate surface area is 332 Å². The van der Waals surface area contributed by atoms with Gasteiger partial charge in [-0.3, -0.25) is 4.79 Å². The predicted octanol–water partition coefficient (Wildman–Crippen LogP) is 6.22. The summed E-state index contributed by atoms with van der Waals surface area (Å²) in [6.07, 6.45) is 27.4. The molecule has 11 nitrogen and oxygen atoms in total. The summed E-state index contributed by atoms with van der Waals surface area (Å²) in [4.78, 5) is 13.0. The van der Waals surface area contributed by atoms with Gasteiger partial charge in [-0.15, -0.1) is 0 Å². The number of ether oxygens (including phenoxy) is 2. The van der Waals surface area contributed by atoms with Crippen LogP contribution < -0.4 is 5.32 Å². The molecule has 55 heavy (non-hydrogen) atoms. The summed E-state index contributed by atoms with van der Waals surface area (Å²) in [5, 5.41) is 75.4. The van der Waals surface area contributed by atoms with Crippen LogP contribution in [0.25, 0.3) is 0 Å². The van der Waals surface area contributed by atoms with Crippen LogP contribution in [0.2, 0.25) is 0 Å². The quantitative estimate of drug-likeness (QED) is 0.0275. The van der Waals surface area contributed by atoms with Crippen molar-refractivity contribution >= 4 is 5.91 Å². The van der Waals surface area contributed by atoms with E-state index in [4.69, 9.17) is 9.47 Å². The van der Waals surface area contributed by atoms with Crippen molar-refractivity contribution in [1.82, 2.24) is 5.32 Å². The van der Waals surface area contributed by atoms with Crippen LogP contribution in [-0.2, 0) is 14.3 Å². The molecule has 9 unspecified atom stereocenters. The minimum Gasteiger partial charge on any atom is -0.394 e. The molecule has 1 saturated heterocycles. The molecule has 9 atom stereocenters. The van der Waals surface area contributed by atoms with E-state index in [0.717, 1.165) is 51.4 Å². The lowest BCUT2D eigenvalue weighted by Crippen LogP contribution is -2.60. The number of amides is 1. The van der Waals surface area contributed by atoms with E-state index in [0.29, 0.717) is 19.3 Å². The second-order valence-corrected chi connectivity index (χ2v) is 15.0. The number of aliphatic hydroxyl groups excluding tert-OH is 7. The van der Waals surface area contributed by atoms with E-state index in [-0.39, 0.29) is 12.8 Å². The average molecular weight is 782 g/mol. The van der Waals surface area contributed by atoms with Gasteiger partial charge in [-0.2, -0.15) is 0 Å². The summed E-state index contributed by atoms with van der Waals surface area (Å²) in [5.41, 5.74) is 0. The number of allylic oxidation sites excluding steroid dienone is 8. The van der Waals surface area contributed by atoms with E-state index in [2.05, 4.69) is 67.8 Å². The second kappa shape index (κ2) is 34.1. The molecule has 1 rings (SSSR count). The van der Waals surface area contributed by atoms with Crippen molar-refractivity contribution in [2.75, 3.05) is 13.2 Å². The molecule has 0 aromatic rings. The predicted molar refractivity (Wildman–Crippen MR) is 219 cm³/mol. The van der Waals surface area contributed by atoms with Crippen LogP contribution in [-0.4, -0.2) is 110 Å². The smallest absolute Gasteiger partial charge is 0.249 e. The normalized spacial score (nSPS) is 23.0. The van der Waals surface area contributed by atoms with E-state index in [1.54, 1.807) is 0 Å². The molecule has 320 valence electrons. The maximum Gasteiger partial charge on any atom is 0.249 e. The largest absolute Gasteiger partial charge is 0.394 e. The van der Waals surface area contributed by atoms with Crippen molar-refractivity contribution in [2.45, 2.75) is 210 Å². The van der Waals surface area contributed by atoms with Crippen molar-refractivity contribution in [2.24, 2.45) is 0 Å². The van der Waals surface area contributed by atoms with Gasteiger partial charge < -0.3 is 50.5 Å².